The number of hydrogen-bond donors (Lipinski definition) is 1. The highest BCUT2D eigenvalue weighted by atomic mass is 16.4. The van der Waals surface area contributed by atoms with E-state index in [1.54, 1.807) is 24.3 Å². The van der Waals surface area contributed by atoms with E-state index in [2.05, 4.69) is 39.8 Å². The molecular weight excluding hydrogens is 336 g/mol. The van der Waals surface area contributed by atoms with Gasteiger partial charge in [0.2, 0.25) is 0 Å². The van der Waals surface area contributed by atoms with Crippen molar-refractivity contribution in [2.45, 2.75) is 51.4 Å². The average Bonchev–Trinajstić information content (AvgIpc) is 2.63. The van der Waals surface area contributed by atoms with Crippen molar-refractivity contribution in [3.63, 3.8) is 0 Å². The summed E-state index contributed by atoms with van der Waals surface area (Å²) in [5, 5.41) is 8.78. The van der Waals surface area contributed by atoms with Gasteiger partial charge in [0.05, 0.1) is 0 Å². The Hall–Kier alpha value is -2.68. The van der Waals surface area contributed by atoms with Crippen LogP contribution in [0, 0.1) is 0 Å². The van der Waals surface area contributed by atoms with E-state index in [9.17, 15) is 9.59 Å². The fourth-order valence-electron chi connectivity index (χ4n) is 3.85. The summed E-state index contributed by atoms with van der Waals surface area (Å²) in [6.45, 7) is 9.01. The van der Waals surface area contributed by atoms with Gasteiger partial charge in [-0.2, -0.15) is 0 Å². The van der Waals surface area contributed by atoms with Crippen molar-refractivity contribution in [1.29, 1.82) is 0 Å². The van der Waals surface area contributed by atoms with Crippen LogP contribution >= 0.6 is 0 Å². The molecule has 0 saturated carbocycles. The average molecular weight is 362 g/mol. The summed E-state index contributed by atoms with van der Waals surface area (Å²) in [4.78, 5) is 23.8. The predicted octanol–water partition coefficient (Wildman–Crippen LogP) is 5.36. The second-order valence-corrected chi connectivity index (χ2v) is 8.65. The molecule has 1 N–H and O–H groups in total. The molecule has 1 aliphatic carbocycles. The Bertz CT molecular complexity index is 932. The van der Waals surface area contributed by atoms with E-state index < -0.39 is 5.97 Å². The van der Waals surface area contributed by atoms with Crippen molar-refractivity contribution < 1.29 is 14.7 Å². The number of benzene rings is 2. The van der Waals surface area contributed by atoms with Gasteiger partial charge in [-0.25, -0.2) is 4.79 Å². The minimum Gasteiger partial charge on any atom is -0.478 e. The molecule has 0 aromatic heterocycles. The van der Waals surface area contributed by atoms with E-state index in [1.807, 2.05) is 6.07 Å². The van der Waals surface area contributed by atoms with Crippen LogP contribution in [0.15, 0.2) is 48.5 Å². The van der Waals surface area contributed by atoms with Gasteiger partial charge < -0.3 is 5.11 Å². The van der Waals surface area contributed by atoms with Gasteiger partial charge in [0.1, 0.15) is 0 Å². The highest BCUT2D eigenvalue weighted by molar-refractivity contribution is 6.09. The van der Waals surface area contributed by atoms with Crippen molar-refractivity contribution in [1.82, 2.24) is 0 Å². The molecular formula is C24H26O3. The number of ketones is 1. The fourth-order valence-corrected chi connectivity index (χ4v) is 3.85. The second kappa shape index (κ2) is 6.80. The molecule has 0 saturated heterocycles. The summed E-state index contributed by atoms with van der Waals surface area (Å²) in [6, 6.07) is 13.2. The van der Waals surface area contributed by atoms with Crippen LogP contribution in [-0.4, -0.2) is 16.9 Å². The third kappa shape index (κ3) is 3.87. The number of fused-ring (bicyclic) bond motifs is 1. The molecule has 3 rings (SSSR count). The molecule has 0 heterocycles. The molecule has 27 heavy (non-hydrogen) atoms. The van der Waals surface area contributed by atoms with E-state index in [4.69, 9.17) is 5.11 Å². The molecule has 0 atom stereocenters. The van der Waals surface area contributed by atoms with Gasteiger partial charge in [0, 0.05) is 17.2 Å². The molecule has 140 valence electrons. The van der Waals surface area contributed by atoms with Gasteiger partial charge in [-0.3, -0.25) is 4.79 Å². The lowest BCUT2D eigenvalue weighted by Gasteiger charge is -2.42. The smallest absolute Gasteiger partial charge is 0.328 e. The minimum absolute atomic E-state index is 0.0393. The molecule has 0 radical (unpaired) electrons. The van der Waals surface area contributed by atoms with E-state index >= 15 is 0 Å². The van der Waals surface area contributed by atoms with Gasteiger partial charge in [0.15, 0.2) is 5.78 Å². The molecule has 3 nitrogen and oxygen atoms in total. The first-order chi connectivity index (χ1) is 12.6. The van der Waals surface area contributed by atoms with Crippen molar-refractivity contribution in [2.24, 2.45) is 0 Å². The summed E-state index contributed by atoms with van der Waals surface area (Å²) in [5.74, 6) is -1.05. The Labute approximate surface area is 160 Å². The monoisotopic (exact) mass is 362 g/mol. The maximum Gasteiger partial charge on any atom is 0.328 e. The van der Waals surface area contributed by atoms with Crippen LogP contribution < -0.4 is 0 Å². The Morgan fingerprint density at radius 3 is 2.19 bits per heavy atom. The molecule has 0 fully saturated rings. The molecule has 2 aromatic carbocycles. The standard InChI is InChI=1S/C24H26O3/c1-23(2)12-13-24(3,4)20-15-18(9-10-19(20)23)22(27)17-7-5-6-16(14-17)8-11-21(25)26/h5-11,14-15H,12-13H2,1-4H3,(H,25,26). The highest BCUT2D eigenvalue weighted by Crippen LogP contribution is 2.46. The van der Waals surface area contributed by atoms with E-state index in [1.165, 1.54) is 17.2 Å². The Morgan fingerprint density at radius 1 is 0.889 bits per heavy atom. The Kier molecular flexibility index (Phi) is 4.81. The van der Waals surface area contributed by atoms with Crippen molar-refractivity contribution in [3.8, 4) is 0 Å². The first-order valence-corrected chi connectivity index (χ1v) is 9.31. The highest BCUT2D eigenvalue weighted by Gasteiger charge is 2.37. The lowest BCUT2D eigenvalue weighted by molar-refractivity contribution is -0.131. The molecule has 0 aliphatic heterocycles. The summed E-state index contributed by atoms with van der Waals surface area (Å²) in [5.41, 5.74) is 4.69. The first kappa shape index (κ1) is 19.1. The van der Waals surface area contributed by atoms with E-state index in [-0.39, 0.29) is 16.6 Å². The Balaban J connectivity index is 2.00. The van der Waals surface area contributed by atoms with E-state index in [0.717, 1.165) is 18.9 Å². The molecule has 1 aliphatic rings. The summed E-state index contributed by atoms with van der Waals surface area (Å²) in [7, 11) is 0. The van der Waals surface area contributed by atoms with Crippen LogP contribution in [0.3, 0.4) is 0 Å². The normalized spacial score (nSPS) is 17.5. The van der Waals surface area contributed by atoms with Gasteiger partial charge in [-0.15, -0.1) is 0 Å². The zero-order chi connectivity index (χ0) is 19.8. The number of aliphatic carboxylic acids is 1. The van der Waals surface area contributed by atoms with Gasteiger partial charge >= 0.3 is 5.97 Å². The molecule has 0 spiro atoms. The van der Waals surface area contributed by atoms with Crippen molar-refractivity contribution in [3.05, 3.63) is 76.4 Å². The van der Waals surface area contributed by atoms with Gasteiger partial charge in [-0.05, 0) is 58.6 Å². The largest absolute Gasteiger partial charge is 0.478 e. The zero-order valence-corrected chi connectivity index (χ0v) is 16.4. The van der Waals surface area contributed by atoms with E-state index in [0.29, 0.717) is 16.7 Å². The van der Waals surface area contributed by atoms with Crippen LogP contribution in [0.4, 0.5) is 0 Å². The maximum atomic E-state index is 13.1. The third-order valence-corrected chi connectivity index (χ3v) is 5.68. The van der Waals surface area contributed by atoms with Gasteiger partial charge in [0.25, 0.3) is 0 Å². The van der Waals surface area contributed by atoms with Gasteiger partial charge in [-0.1, -0.05) is 58.0 Å². The molecule has 2 aromatic rings. The zero-order valence-electron chi connectivity index (χ0n) is 16.4. The van der Waals surface area contributed by atoms with Crippen LogP contribution in [-0.2, 0) is 15.6 Å². The number of carbonyl (C=O) groups excluding carboxylic acids is 1. The summed E-state index contributed by atoms with van der Waals surface area (Å²) >= 11 is 0. The molecule has 3 heteroatoms. The summed E-state index contributed by atoms with van der Waals surface area (Å²) in [6.07, 6.45) is 4.81. The quantitative estimate of drug-likeness (QED) is 0.588. The lowest BCUT2D eigenvalue weighted by Crippen LogP contribution is -2.34. The van der Waals surface area contributed by atoms with Crippen LogP contribution in [0.1, 0.15) is 73.1 Å². The number of carboxylic acid groups (broad SMARTS) is 1. The number of carbonyl (C=O) groups is 2. The Morgan fingerprint density at radius 2 is 1.52 bits per heavy atom. The minimum atomic E-state index is -1.01. The second-order valence-electron chi connectivity index (χ2n) is 8.65. The van der Waals surface area contributed by atoms with Crippen molar-refractivity contribution >= 4 is 17.8 Å². The number of hydrogen-bond acceptors (Lipinski definition) is 2. The molecule has 0 bridgehead atoms. The number of carboxylic acids is 1. The first-order valence-electron chi connectivity index (χ1n) is 9.31. The van der Waals surface area contributed by atoms with Crippen LogP contribution in [0.2, 0.25) is 0 Å². The third-order valence-electron chi connectivity index (χ3n) is 5.68. The molecule has 0 amide bonds. The molecule has 0 unspecified atom stereocenters. The van der Waals surface area contributed by atoms with Crippen molar-refractivity contribution in [2.75, 3.05) is 0 Å². The predicted molar refractivity (Wildman–Crippen MR) is 108 cm³/mol. The topological polar surface area (TPSA) is 54.4 Å². The fraction of sp³-hybridized carbons (Fsp3) is 0.333. The summed E-state index contributed by atoms with van der Waals surface area (Å²) < 4.78 is 0. The SMILES string of the molecule is CC1(C)CCC(C)(C)c2cc(C(=O)c3cccc(C=CC(=O)O)c3)ccc21. The van der Waals surface area contributed by atoms with Crippen LogP contribution in [0.5, 0.6) is 0 Å². The number of rotatable bonds is 4. The maximum absolute atomic E-state index is 13.1. The van der Waals surface area contributed by atoms with Crippen LogP contribution in [0.25, 0.3) is 6.08 Å². The lowest BCUT2D eigenvalue weighted by atomic mass is 9.63.